The first kappa shape index (κ1) is 16.7. The molecule has 1 atom stereocenters. The summed E-state index contributed by atoms with van der Waals surface area (Å²) in [6, 6.07) is 4.56. The quantitative estimate of drug-likeness (QED) is 0.869. The van der Waals surface area contributed by atoms with Crippen molar-refractivity contribution < 1.29 is 4.79 Å². The first-order chi connectivity index (χ1) is 12.3. The van der Waals surface area contributed by atoms with Crippen LogP contribution in [0.5, 0.6) is 0 Å². The summed E-state index contributed by atoms with van der Waals surface area (Å²) >= 11 is 1.66. The second-order valence-electron chi connectivity index (χ2n) is 6.64. The van der Waals surface area contributed by atoms with Crippen molar-refractivity contribution in [2.24, 2.45) is 0 Å². The fraction of sp³-hybridized carbons (Fsp3) is 0.588. The van der Waals surface area contributed by atoms with Crippen LogP contribution in [-0.2, 0) is 6.54 Å². The zero-order chi connectivity index (χ0) is 17.1. The monoisotopic (exact) mass is 360 g/mol. The highest BCUT2D eigenvalue weighted by Crippen LogP contribution is 2.30. The fourth-order valence-electron chi connectivity index (χ4n) is 3.50. The van der Waals surface area contributed by atoms with E-state index in [1.165, 1.54) is 17.7 Å². The van der Waals surface area contributed by atoms with Gasteiger partial charge in [-0.05, 0) is 31.5 Å². The first-order valence-electron chi connectivity index (χ1n) is 8.97. The van der Waals surface area contributed by atoms with Crippen molar-refractivity contribution in [1.82, 2.24) is 29.9 Å². The molecule has 1 unspecified atom stereocenters. The van der Waals surface area contributed by atoms with E-state index in [1.807, 2.05) is 15.6 Å². The molecule has 134 valence electrons. The molecular formula is C17H24N6OS. The van der Waals surface area contributed by atoms with Gasteiger partial charge in [0, 0.05) is 43.6 Å². The fourth-order valence-corrected chi connectivity index (χ4v) is 4.59. The summed E-state index contributed by atoms with van der Waals surface area (Å²) in [6.45, 7) is 6.31. The lowest BCUT2D eigenvalue weighted by atomic mass is 10.2. The Balaban J connectivity index is 1.27. The number of piperazine rings is 1. The van der Waals surface area contributed by atoms with E-state index in [0.29, 0.717) is 6.04 Å². The summed E-state index contributed by atoms with van der Waals surface area (Å²) in [6.07, 6.45) is 5.71. The number of carbonyl (C=O) groups excluding carboxylic acids is 1. The van der Waals surface area contributed by atoms with Crippen LogP contribution < -0.4 is 5.32 Å². The minimum Gasteiger partial charge on any atom is -0.335 e. The lowest BCUT2D eigenvalue weighted by molar-refractivity contribution is 0.0636. The molecule has 2 saturated heterocycles. The Hall–Kier alpha value is -1.77. The van der Waals surface area contributed by atoms with Crippen LogP contribution in [0, 0.1) is 0 Å². The van der Waals surface area contributed by atoms with E-state index >= 15 is 0 Å². The summed E-state index contributed by atoms with van der Waals surface area (Å²) in [4.78, 5) is 23.3. The summed E-state index contributed by atoms with van der Waals surface area (Å²) in [5, 5.41) is 7.63. The van der Waals surface area contributed by atoms with Crippen LogP contribution in [0.2, 0.25) is 0 Å². The molecular weight excluding hydrogens is 336 g/mol. The van der Waals surface area contributed by atoms with Gasteiger partial charge in [0.2, 0.25) is 0 Å². The van der Waals surface area contributed by atoms with Crippen molar-refractivity contribution in [3.8, 4) is 0 Å². The molecule has 8 heteroatoms. The predicted octanol–water partition coefficient (Wildman–Crippen LogP) is 1.22. The van der Waals surface area contributed by atoms with Gasteiger partial charge in [-0.3, -0.25) is 14.4 Å². The van der Waals surface area contributed by atoms with Gasteiger partial charge in [-0.25, -0.2) is 4.98 Å². The molecule has 4 rings (SSSR count). The number of hydrogen-bond acceptors (Lipinski definition) is 6. The Morgan fingerprint density at radius 1 is 1.24 bits per heavy atom. The zero-order valence-corrected chi connectivity index (χ0v) is 15.1. The summed E-state index contributed by atoms with van der Waals surface area (Å²) in [5.74, 6) is 0.185. The Labute approximate surface area is 151 Å². The molecule has 0 spiro atoms. The van der Waals surface area contributed by atoms with Gasteiger partial charge in [0.1, 0.15) is 12.7 Å². The molecule has 2 aliphatic rings. The van der Waals surface area contributed by atoms with Gasteiger partial charge in [-0.15, -0.1) is 11.3 Å². The van der Waals surface area contributed by atoms with Gasteiger partial charge < -0.3 is 10.2 Å². The van der Waals surface area contributed by atoms with Crippen molar-refractivity contribution in [3.05, 3.63) is 34.5 Å². The number of amides is 1. The third-order valence-corrected chi connectivity index (χ3v) is 6.20. The SMILES string of the molecule is O=C(c1ccc(C2CCCN2)s1)N1CCN(CCn2cncn2)CC1. The van der Waals surface area contributed by atoms with Crippen molar-refractivity contribution in [1.29, 1.82) is 0 Å². The number of aromatic nitrogens is 3. The summed E-state index contributed by atoms with van der Waals surface area (Å²) < 4.78 is 1.85. The van der Waals surface area contributed by atoms with E-state index in [1.54, 1.807) is 24.0 Å². The second kappa shape index (κ2) is 7.63. The number of hydrogen-bond donors (Lipinski definition) is 1. The molecule has 2 aromatic rings. The molecule has 25 heavy (non-hydrogen) atoms. The molecule has 2 fully saturated rings. The number of nitrogens with one attached hydrogen (secondary N) is 1. The summed E-state index contributed by atoms with van der Waals surface area (Å²) in [7, 11) is 0. The van der Waals surface area contributed by atoms with Gasteiger partial charge in [0.15, 0.2) is 0 Å². The molecule has 7 nitrogen and oxygen atoms in total. The van der Waals surface area contributed by atoms with Gasteiger partial charge in [0.25, 0.3) is 5.91 Å². The standard InChI is InChI=1S/C17H24N6OS/c24-17(16-4-3-15(25-16)14-2-1-5-19-14)22-9-6-21(7-10-22)8-11-23-13-18-12-20-23/h3-4,12-14,19H,1-2,5-11H2. The van der Waals surface area contributed by atoms with Gasteiger partial charge >= 0.3 is 0 Å². The first-order valence-corrected chi connectivity index (χ1v) is 9.78. The van der Waals surface area contributed by atoms with Crippen LogP contribution in [0.15, 0.2) is 24.8 Å². The van der Waals surface area contributed by atoms with Crippen LogP contribution in [-0.4, -0.2) is 69.7 Å². The third kappa shape index (κ3) is 3.91. The molecule has 0 aromatic carbocycles. The Kier molecular flexibility index (Phi) is 5.09. The molecule has 1 amide bonds. The van der Waals surface area contributed by atoms with E-state index in [9.17, 15) is 4.79 Å². The molecule has 0 bridgehead atoms. The smallest absolute Gasteiger partial charge is 0.264 e. The highest BCUT2D eigenvalue weighted by Gasteiger charge is 2.25. The van der Waals surface area contributed by atoms with Crippen molar-refractivity contribution in [2.75, 3.05) is 39.3 Å². The van der Waals surface area contributed by atoms with Crippen LogP contribution in [0.25, 0.3) is 0 Å². The second-order valence-corrected chi connectivity index (χ2v) is 7.76. The molecule has 4 heterocycles. The number of carbonyl (C=O) groups is 1. The Morgan fingerprint density at radius 2 is 2.12 bits per heavy atom. The molecule has 0 aliphatic carbocycles. The normalized spacial score (nSPS) is 21.8. The van der Waals surface area contributed by atoms with Crippen molar-refractivity contribution in [3.63, 3.8) is 0 Å². The molecule has 0 radical (unpaired) electrons. The molecule has 2 aromatic heterocycles. The average Bonchev–Trinajstić information content (AvgIpc) is 3.42. The lowest BCUT2D eigenvalue weighted by Gasteiger charge is -2.34. The summed E-state index contributed by atoms with van der Waals surface area (Å²) in [5.41, 5.74) is 0. The minimum absolute atomic E-state index is 0.185. The maximum absolute atomic E-state index is 12.8. The van der Waals surface area contributed by atoms with Gasteiger partial charge in [-0.1, -0.05) is 0 Å². The molecule has 2 aliphatic heterocycles. The number of thiophene rings is 1. The molecule has 1 N–H and O–H groups in total. The lowest BCUT2D eigenvalue weighted by Crippen LogP contribution is -2.49. The maximum Gasteiger partial charge on any atom is 0.264 e. The van der Waals surface area contributed by atoms with Crippen LogP contribution in [0.3, 0.4) is 0 Å². The third-order valence-electron chi connectivity index (χ3n) is 5.01. The number of rotatable bonds is 5. The molecule has 0 saturated carbocycles. The zero-order valence-electron chi connectivity index (χ0n) is 14.3. The van der Waals surface area contributed by atoms with Crippen LogP contribution in [0.1, 0.15) is 33.4 Å². The highest BCUT2D eigenvalue weighted by atomic mass is 32.1. The van der Waals surface area contributed by atoms with Gasteiger partial charge in [0.05, 0.1) is 11.4 Å². The Bertz CT molecular complexity index is 686. The predicted molar refractivity (Wildman–Crippen MR) is 96.7 cm³/mol. The van der Waals surface area contributed by atoms with E-state index in [4.69, 9.17) is 0 Å². The average molecular weight is 360 g/mol. The largest absolute Gasteiger partial charge is 0.335 e. The Morgan fingerprint density at radius 3 is 2.84 bits per heavy atom. The van der Waals surface area contributed by atoms with Crippen LogP contribution >= 0.6 is 11.3 Å². The number of nitrogens with zero attached hydrogens (tertiary/aromatic N) is 5. The van der Waals surface area contributed by atoms with E-state index in [0.717, 1.165) is 50.7 Å². The van der Waals surface area contributed by atoms with Crippen molar-refractivity contribution >= 4 is 17.2 Å². The van der Waals surface area contributed by atoms with E-state index < -0.39 is 0 Å². The van der Waals surface area contributed by atoms with E-state index in [2.05, 4.69) is 26.4 Å². The highest BCUT2D eigenvalue weighted by molar-refractivity contribution is 7.14. The minimum atomic E-state index is 0.185. The van der Waals surface area contributed by atoms with E-state index in [-0.39, 0.29) is 5.91 Å². The topological polar surface area (TPSA) is 66.3 Å². The van der Waals surface area contributed by atoms with Crippen LogP contribution in [0.4, 0.5) is 0 Å². The van der Waals surface area contributed by atoms with Crippen molar-refractivity contribution in [2.45, 2.75) is 25.4 Å². The maximum atomic E-state index is 12.8. The van der Waals surface area contributed by atoms with Gasteiger partial charge in [-0.2, -0.15) is 5.10 Å².